The zero-order valence-corrected chi connectivity index (χ0v) is 23.1. The summed E-state index contributed by atoms with van der Waals surface area (Å²) in [5.41, 5.74) is 2.40. The molecule has 4 aromatic carbocycles. The predicted octanol–water partition coefficient (Wildman–Crippen LogP) is 5.46. The minimum atomic E-state index is -1.52. The SMILES string of the molecule is O[C@@H]1C[C@](O)(COCc2ccccc2)[C@@H](OCc2ccccc2)[C@H](OCc2ccccc2)[C@@H]1OCc1ccccc1. The van der Waals surface area contributed by atoms with E-state index < -0.39 is 30.0 Å². The third-order valence-electron chi connectivity index (χ3n) is 7.40. The Kier molecular flexibility index (Phi) is 10.3. The van der Waals surface area contributed by atoms with Crippen LogP contribution in [0.2, 0.25) is 0 Å². The van der Waals surface area contributed by atoms with Crippen LogP contribution in [0.15, 0.2) is 121 Å². The van der Waals surface area contributed by atoms with Gasteiger partial charge in [0.1, 0.15) is 23.9 Å². The molecule has 4 aromatic rings. The summed E-state index contributed by atoms with van der Waals surface area (Å²) in [6, 6.07) is 39.2. The van der Waals surface area contributed by atoms with Crippen molar-refractivity contribution in [3.05, 3.63) is 144 Å². The summed E-state index contributed by atoms with van der Waals surface area (Å²) in [5.74, 6) is 0. The van der Waals surface area contributed by atoms with E-state index in [1.54, 1.807) is 0 Å². The molecule has 1 aliphatic carbocycles. The third-order valence-corrected chi connectivity index (χ3v) is 7.40. The van der Waals surface area contributed by atoms with Gasteiger partial charge in [0, 0.05) is 6.42 Å². The first kappa shape index (κ1) is 29.1. The van der Waals surface area contributed by atoms with Crippen LogP contribution in [-0.2, 0) is 45.4 Å². The Hall–Kier alpha value is -3.36. The van der Waals surface area contributed by atoms with Gasteiger partial charge in [-0.15, -0.1) is 0 Å². The Bertz CT molecular complexity index is 1290. The second-order valence-electron chi connectivity index (χ2n) is 10.6. The van der Waals surface area contributed by atoms with Crippen LogP contribution >= 0.6 is 0 Å². The molecule has 0 unspecified atom stereocenters. The van der Waals surface area contributed by atoms with E-state index in [1.807, 2.05) is 121 Å². The van der Waals surface area contributed by atoms with E-state index in [1.165, 1.54) is 0 Å². The van der Waals surface area contributed by atoms with Crippen molar-refractivity contribution in [1.82, 2.24) is 0 Å². The lowest BCUT2D eigenvalue weighted by molar-refractivity contribution is -0.272. The first-order valence-electron chi connectivity index (χ1n) is 14.1. The number of aliphatic hydroxyl groups is 2. The van der Waals surface area contributed by atoms with Crippen LogP contribution in [-0.4, -0.2) is 46.8 Å². The Labute approximate surface area is 242 Å². The molecule has 0 spiro atoms. The Balaban J connectivity index is 1.40. The van der Waals surface area contributed by atoms with E-state index in [4.69, 9.17) is 18.9 Å². The molecule has 0 amide bonds. The minimum absolute atomic E-state index is 0.0197. The largest absolute Gasteiger partial charge is 0.390 e. The number of hydrogen-bond donors (Lipinski definition) is 2. The van der Waals surface area contributed by atoms with Crippen LogP contribution in [0.3, 0.4) is 0 Å². The average Bonchev–Trinajstić information content (AvgIpc) is 3.01. The maximum Gasteiger partial charge on any atom is 0.119 e. The maximum atomic E-state index is 12.1. The monoisotopic (exact) mass is 554 g/mol. The molecule has 5 atom stereocenters. The van der Waals surface area contributed by atoms with Crippen LogP contribution in [0.25, 0.3) is 0 Å². The lowest BCUT2D eigenvalue weighted by Gasteiger charge is -2.49. The highest BCUT2D eigenvalue weighted by Crippen LogP contribution is 2.37. The van der Waals surface area contributed by atoms with Gasteiger partial charge in [-0.1, -0.05) is 121 Å². The summed E-state index contributed by atoms with van der Waals surface area (Å²) in [6.07, 6.45) is -3.30. The fourth-order valence-corrected chi connectivity index (χ4v) is 5.28. The van der Waals surface area contributed by atoms with Gasteiger partial charge < -0.3 is 29.2 Å². The van der Waals surface area contributed by atoms with E-state index in [2.05, 4.69) is 0 Å². The summed E-state index contributed by atoms with van der Waals surface area (Å²) >= 11 is 0. The van der Waals surface area contributed by atoms with Gasteiger partial charge in [0.25, 0.3) is 0 Å². The highest BCUT2D eigenvalue weighted by atomic mass is 16.6. The molecule has 0 radical (unpaired) electrons. The van der Waals surface area contributed by atoms with Crippen LogP contribution in [0.5, 0.6) is 0 Å². The summed E-state index contributed by atoms with van der Waals surface area (Å²) in [4.78, 5) is 0. The van der Waals surface area contributed by atoms with Gasteiger partial charge in [-0.05, 0) is 22.3 Å². The topological polar surface area (TPSA) is 77.4 Å². The zero-order chi connectivity index (χ0) is 28.3. The highest BCUT2D eigenvalue weighted by molar-refractivity contribution is 5.17. The molecule has 1 aliphatic rings. The van der Waals surface area contributed by atoms with Gasteiger partial charge in [0.2, 0.25) is 0 Å². The van der Waals surface area contributed by atoms with Gasteiger partial charge >= 0.3 is 0 Å². The van der Waals surface area contributed by atoms with Crippen molar-refractivity contribution in [2.24, 2.45) is 0 Å². The normalized spacial score (nSPS) is 24.2. The summed E-state index contributed by atoms with van der Waals surface area (Å²) in [5, 5.41) is 23.5. The van der Waals surface area contributed by atoms with Crippen LogP contribution in [0.1, 0.15) is 28.7 Å². The molecule has 0 aromatic heterocycles. The van der Waals surface area contributed by atoms with Crippen molar-refractivity contribution >= 4 is 0 Å². The number of hydrogen-bond acceptors (Lipinski definition) is 6. The van der Waals surface area contributed by atoms with Crippen LogP contribution in [0.4, 0.5) is 0 Å². The Morgan fingerprint density at radius 2 is 0.927 bits per heavy atom. The Morgan fingerprint density at radius 3 is 1.39 bits per heavy atom. The van der Waals surface area contributed by atoms with Crippen LogP contribution in [0, 0.1) is 0 Å². The molecule has 0 saturated heterocycles. The fourth-order valence-electron chi connectivity index (χ4n) is 5.28. The van der Waals surface area contributed by atoms with Crippen molar-refractivity contribution in [2.75, 3.05) is 6.61 Å². The van der Waals surface area contributed by atoms with Gasteiger partial charge in [-0.2, -0.15) is 0 Å². The fraction of sp³-hybridized carbons (Fsp3) is 0.314. The molecule has 1 fully saturated rings. The molecule has 0 aliphatic heterocycles. The van der Waals surface area contributed by atoms with Gasteiger partial charge in [-0.3, -0.25) is 0 Å². The molecule has 214 valence electrons. The van der Waals surface area contributed by atoms with E-state index in [0.717, 1.165) is 22.3 Å². The number of ether oxygens (including phenoxy) is 4. The summed E-state index contributed by atoms with van der Waals surface area (Å²) in [7, 11) is 0. The Morgan fingerprint density at radius 1 is 0.537 bits per heavy atom. The molecule has 0 bridgehead atoms. The van der Waals surface area contributed by atoms with E-state index >= 15 is 0 Å². The molecule has 41 heavy (non-hydrogen) atoms. The molecular formula is C35H38O6. The minimum Gasteiger partial charge on any atom is -0.390 e. The van der Waals surface area contributed by atoms with Gasteiger partial charge in [0.15, 0.2) is 0 Å². The van der Waals surface area contributed by atoms with Gasteiger partial charge in [-0.25, -0.2) is 0 Å². The summed E-state index contributed by atoms with van der Waals surface area (Å²) in [6.45, 7) is 1.13. The second-order valence-corrected chi connectivity index (χ2v) is 10.6. The zero-order valence-electron chi connectivity index (χ0n) is 23.1. The van der Waals surface area contributed by atoms with Crippen molar-refractivity contribution in [2.45, 2.75) is 62.9 Å². The molecule has 2 N–H and O–H groups in total. The molecular weight excluding hydrogens is 516 g/mol. The van der Waals surface area contributed by atoms with E-state index in [0.29, 0.717) is 13.2 Å². The predicted molar refractivity (Wildman–Crippen MR) is 157 cm³/mol. The van der Waals surface area contributed by atoms with E-state index in [9.17, 15) is 10.2 Å². The van der Waals surface area contributed by atoms with Crippen LogP contribution < -0.4 is 0 Å². The lowest BCUT2D eigenvalue weighted by atomic mass is 9.77. The van der Waals surface area contributed by atoms with Crippen molar-refractivity contribution in [3.63, 3.8) is 0 Å². The molecule has 6 heteroatoms. The van der Waals surface area contributed by atoms with Crippen molar-refractivity contribution < 1.29 is 29.2 Å². The standard InChI is InChI=1S/C35H38O6/c36-31-21-35(37,26-38-22-27-13-5-1-6-14-27)34(41-25-30-19-11-4-12-20-30)33(40-24-29-17-9-3-10-18-29)32(31)39-23-28-15-7-2-8-16-28/h1-20,31-34,36-37H,21-26H2/t31-,32-,33-,34+,35+/m1/s1. The number of aliphatic hydroxyl groups excluding tert-OH is 1. The molecule has 1 saturated carbocycles. The smallest absolute Gasteiger partial charge is 0.119 e. The highest BCUT2D eigenvalue weighted by Gasteiger charge is 2.55. The average molecular weight is 555 g/mol. The third kappa shape index (κ3) is 8.11. The first-order chi connectivity index (χ1) is 20.1. The number of benzene rings is 4. The maximum absolute atomic E-state index is 12.1. The molecule has 5 rings (SSSR count). The molecule has 6 nitrogen and oxygen atoms in total. The van der Waals surface area contributed by atoms with Crippen molar-refractivity contribution in [1.29, 1.82) is 0 Å². The first-order valence-corrected chi connectivity index (χ1v) is 14.1. The van der Waals surface area contributed by atoms with Crippen molar-refractivity contribution in [3.8, 4) is 0 Å². The second kappa shape index (κ2) is 14.5. The summed E-state index contributed by atoms with van der Waals surface area (Å²) < 4.78 is 25.3. The quantitative estimate of drug-likeness (QED) is 0.229. The lowest BCUT2D eigenvalue weighted by Crippen LogP contribution is -2.66. The number of rotatable bonds is 13. The van der Waals surface area contributed by atoms with E-state index in [-0.39, 0.29) is 26.2 Å². The molecule has 0 heterocycles. The van der Waals surface area contributed by atoms with Gasteiger partial charge in [0.05, 0.1) is 39.1 Å².